The molecule has 14 atom stereocenters. The van der Waals surface area contributed by atoms with Crippen LogP contribution in [0.2, 0.25) is 0 Å². The maximum Gasteiger partial charge on any atom is 0.194 e. The highest BCUT2D eigenvalue weighted by molar-refractivity contribution is 5.05. The predicted octanol–water partition coefficient (Wildman–Crippen LogP) is -8.16. The molecule has 1 heterocycles. The number of rotatable bonds is 25. The molecular formula is C42H88O25. The molecule has 25 heteroatoms. The Morgan fingerprint density at radius 2 is 0.701 bits per heavy atom. The van der Waals surface area contributed by atoms with Crippen LogP contribution in [-0.4, -0.2) is 280 Å². The second kappa shape index (κ2) is 46.6. The summed E-state index contributed by atoms with van der Waals surface area (Å²) in [5, 5.41) is 205. The van der Waals surface area contributed by atoms with Crippen molar-refractivity contribution in [3.8, 4) is 0 Å². The van der Waals surface area contributed by atoms with Crippen molar-refractivity contribution in [3.05, 3.63) is 34.9 Å². The van der Waals surface area contributed by atoms with E-state index in [1.54, 1.807) is 0 Å². The lowest BCUT2D eigenvalue weighted by Crippen LogP contribution is -2.60. The van der Waals surface area contributed by atoms with Gasteiger partial charge in [-0.3, -0.25) is 0 Å². The highest BCUT2D eigenvalue weighted by Gasteiger charge is 2.47. The van der Waals surface area contributed by atoms with E-state index in [1.807, 2.05) is 0 Å². The van der Waals surface area contributed by atoms with Gasteiger partial charge in [0.1, 0.15) is 79.4 Å². The largest absolute Gasteiger partial charge is 0.394 e. The van der Waals surface area contributed by atoms with E-state index in [9.17, 15) is 20.4 Å². The monoisotopic (exact) mass is 993 g/mol. The van der Waals surface area contributed by atoms with Crippen LogP contribution < -0.4 is 0 Å². The van der Waals surface area contributed by atoms with E-state index in [1.165, 1.54) is 16.7 Å². The van der Waals surface area contributed by atoms with Gasteiger partial charge in [0, 0.05) is 6.42 Å². The summed E-state index contributed by atoms with van der Waals surface area (Å²) in [5.41, 5.74) is 4.09. The molecule has 24 N–H and O–H groups in total. The van der Waals surface area contributed by atoms with Gasteiger partial charge in [-0.15, -0.1) is 0 Å². The molecule has 1 saturated heterocycles. The molecular weight excluding hydrogens is 904 g/mol. The molecule has 0 aromatic rings. The van der Waals surface area contributed by atoms with E-state index in [2.05, 4.69) is 45.9 Å². The van der Waals surface area contributed by atoms with Crippen molar-refractivity contribution in [1.29, 1.82) is 0 Å². The Kier molecular flexibility index (Phi) is 51.6. The molecule has 0 aromatic heterocycles. The van der Waals surface area contributed by atoms with Gasteiger partial charge in [0.2, 0.25) is 0 Å². The van der Waals surface area contributed by atoms with Crippen molar-refractivity contribution in [2.45, 2.75) is 158 Å². The average Bonchev–Trinajstić information content (AvgIpc) is 3.33. The molecule has 1 aliphatic rings. The minimum atomic E-state index is -1.79. The molecule has 0 spiro atoms. The first-order valence-corrected chi connectivity index (χ1v) is 21.5. The smallest absolute Gasteiger partial charge is 0.194 e. The van der Waals surface area contributed by atoms with Crippen LogP contribution in [-0.2, 0) is 4.74 Å². The van der Waals surface area contributed by atoms with E-state index in [-0.39, 0.29) is 13.0 Å². The molecule has 1 rings (SSSR count). The molecule has 0 aromatic carbocycles. The summed E-state index contributed by atoms with van der Waals surface area (Å²) < 4.78 is 5.17. The van der Waals surface area contributed by atoms with E-state index in [0.717, 1.165) is 32.1 Å². The van der Waals surface area contributed by atoms with E-state index in [4.69, 9.17) is 107 Å². The standard InChI is InChI=1S/C22H38O5.5C4H10O4/c1-16(2)9-7-11-18(4)13-8-12-17(3)10-5-6-14-22(26)21(25)20(24)19(23)15-27-22;5*5-1-3(7)4(8)2-6/h9-10,13,19-21,23-26H,5-8,11-12,14-15H2,1-4H3;5*3-8H,1-2H2/t19-,20+,21-,22?;5*3-,4+/m1...../s1. The first-order valence-electron chi connectivity index (χ1n) is 21.5. The van der Waals surface area contributed by atoms with Gasteiger partial charge in [-0.05, 0) is 66.2 Å². The third kappa shape index (κ3) is 40.6. The summed E-state index contributed by atoms with van der Waals surface area (Å²) in [6.07, 6.45) is -3.69. The van der Waals surface area contributed by atoms with Crippen molar-refractivity contribution >= 4 is 0 Å². The fraction of sp³-hybridized carbons (Fsp3) is 0.857. The fourth-order valence-electron chi connectivity index (χ4n) is 4.37. The topological polar surface area (TPSA) is 495 Å². The van der Waals surface area contributed by atoms with E-state index >= 15 is 0 Å². The van der Waals surface area contributed by atoms with Crippen LogP contribution >= 0.6 is 0 Å². The van der Waals surface area contributed by atoms with Crippen LogP contribution in [0.15, 0.2) is 34.9 Å². The number of hydrogen-bond donors (Lipinski definition) is 24. The molecule has 1 aliphatic heterocycles. The molecule has 0 saturated carbocycles. The zero-order chi connectivity index (χ0) is 53.3. The summed E-state index contributed by atoms with van der Waals surface area (Å²) in [6, 6.07) is 0. The minimum absolute atomic E-state index is 0.178. The molecule has 0 bridgehead atoms. The molecule has 0 aliphatic carbocycles. The number of allylic oxidation sites excluding steroid dienone is 6. The van der Waals surface area contributed by atoms with Crippen LogP contribution in [0.1, 0.15) is 72.6 Å². The molecule has 0 radical (unpaired) electrons. The maximum atomic E-state index is 10.3. The van der Waals surface area contributed by atoms with Crippen molar-refractivity contribution in [3.63, 3.8) is 0 Å². The fourth-order valence-corrected chi connectivity index (χ4v) is 4.37. The van der Waals surface area contributed by atoms with E-state index in [0.29, 0.717) is 6.42 Å². The number of unbranched alkanes of at least 4 members (excludes halogenated alkanes) is 1. The first kappa shape index (κ1) is 74.2. The quantitative estimate of drug-likeness (QED) is 0.0298. The Labute approximate surface area is 392 Å². The van der Waals surface area contributed by atoms with Crippen LogP contribution in [0.5, 0.6) is 0 Å². The summed E-state index contributed by atoms with van der Waals surface area (Å²) >= 11 is 0. The Bertz CT molecular complexity index is 1050. The number of aliphatic hydroxyl groups is 24. The van der Waals surface area contributed by atoms with Gasteiger partial charge in [0.25, 0.3) is 0 Å². The highest BCUT2D eigenvalue weighted by atomic mass is 16.6. The summed E-state index contributed by atoms with van der Waals surface area (Å²) in [6.45, 7) is 3.09. The van der Waals surface area contributed by atoms with Gasteiger partial charge in [0.15, 0.2) is 5.79 Å². The van der Waals surface area contributed by atoms with Gasteiger partial charge in [0.05, 0.1) is 72.7 Å². The predicted molar refractivity (Wildman–Crippen MR) is 239 cm³/mol. The molecule has 1 fully saturated rings. The lowest BCUT2D eigenvalue weighted by Gasteiger charge is -2.41. The lowest BCUT2D eigenvalue weighted by molar-refractivity contribution is -0.323. The number of ether oxygens (including phenoxy) is 1. The van der Waals surface area contributed by atoms with Gasteiger partial charge in [-0.2, -0.15) is 0 Å². The Morgan fingerprint density at radius 1 is 0.448 bits per heavy atom. The highest BCUT2D eigenvalue weighted by Crippen LogP contribution is 2.29. The summed E-state index contributed by atoms with van der Waals surface area (Å²) in [4.78, 5) is 0. The maximum absolute atomic E-state index is 10.3. The van der Waals surface area contributed by atoms with E-state index < -0.39 is 151 Å². The molecule has 67 heavy (non-hydrogen) atoms. The minimum Gasteiger partial charge on any atom is -0.394 e. The Balaban J connectivity index is -0.000000262. The van der Waals surface area contributed by atoms with Crippen molar-refractivity contribution in [2.75, 3.05) is 72.7 Å². The van der Waals surface area contributed by atoms with Crippen LogP contribution in [0, 0.1) is 0 Å². The molecule has 0 amide bonds. The van der Waals surface area contributed by atoms with Gasteiger partial charge < -0.3 is 127 Å². The summed E-state index contributed by atoms with van der Waals surface area (Å²) in [7, 11) is 0. The third-order valence-electron chi connectivity index (χ3n) is 9.13. The second-order valence-electron chi connectivity index (χ2n) is 15.5. The molecule has 25 nitrogen and oxygen atoms in total. The SMILES string of the molecule is CC(C)=CCCC(C)=CCCC(C)=CCCCC1(O)OC[C@@H](O)[C@H](O)[C@H]1O.OC[C@@H](O)[C@@H](O)CO.OC[C@@H](O)[C@@H](O)CO.OC[C@@H](O)[C@@H](O)CO.OC[C@@H](O)[C@@H](O)CO.OC[C@@H](O)[C@@H](O)CO. The van der Waals surface area contributed by atoms with Crippen molar-refractivity contribution in [2.24, 2.45) is 0 Å². The van der Waals surface area contributed by atoms with Crippen LogP contribution in [0.25, 0.3) is 0 Å². The van der Waals surface area contributed by atoms with Crippen LogP contribution in [0.3, 0.4) is 0 Å². The zero-order valence-corrected chi connectivity index (χ0v) is 39.1. The average molecular weight is 993 g/mol. The lowest BCUT2D eigenvalue weighted by atomic mass is 9.92. The van der Waals surface area contributed by atoms with Crippen molar-refractivity contribution < 1.29 is 127 Å². The molecule has 406 valence electrons. The van der Waals surface area contributed by atoms with Gasteiger partial charge in [-0.25, -0.2) is 0 Å². The number of aliphatic hydroxyl groups excluding tert-OH is 23. The molecule has 1 unspecified atom stereocenters. The first-order chi connectivity index (χ1) is 31.2. The Hall–Kier alpha value is -1.78. The third-order valence-corrected chi connectivity index (χ3v) is 9.13. The Morgan fingerprint density at radius 3 is 0.955 bits per heavy atom. The van der Waals surface area contributed by atoms with Crippen molar-refractivity contribution in [1.82, 2.24) is 0 Å². The van der Waals surface area contributed by atoms with Gasteiger partial charge >= 0.3 is 0 Å². The number of hydrogen-bond acceptors (Lipinski definition) is 25. The zero-order valence-electron chi connectivity index (χ0n) is 39.1. The van der Waals surface area contributed by atoms with Crippen LogP contribution in [0.4, 0.5) is 0 Å². The second-order valence-corrected chi connectivity index (χ2v) is 15.5. The van der Waals surface area contributed by atoms with Gasteiger partial charge in [-0.1, -0.05) is 34.9 Å². The summed E-state index contributed by atoms with van der Waals surface area (Å²) in [5.74, 6) is -1.79. The normalized spacial score (nSPS) is 22.7.